The molecule has 1 aliphatic rings. The minimum Gasteiger partial charge on any atom is -0.466 e. The molecule has 0 bridgehead atoms. The van der Waals surface area contributed by atoms with Crippen LogP contribution in [0.1, 0.15) is 13.8 Å². The van der Waals surface area contributed by atoms with E-state index >= 15 is 0 Å². The topological polar surface area (TPSA) is 43.4 Å². The van der Waals surface area contributed by atoms with Gasteiger partial charge in [0.15, 0.2) is 0 Å². The lowest BCUT2D eigenvalue weighted by molar-refractivity contribution is -0.145. The fraction of sp³-hybridized carbons (Fsp3) is 0.750. The molecule has 0 amide bonds. The highest BCUT2D eigenvalue weighted by atomic mass is 16.5. The van der Waals surface area contributed by atoms with Gasteiger partial charge in [-0.3, -0.25) is 4.79 Å². The summed E-state index contributed by atoms with van der Waals surface area (Å²) in [4.78, 5) is 21.3. The molecule has 1 fully saturated rings. The number of aldehydes is 1. The van der Waals surface area contributed by atoms with E-state index in [1.54, 1.807) is 6.92 Å². The van der Waals surface area contributed by atoms with Crippen LogP contribution < -0.4 is 0 Å². The summed E-state index contributed by atoms with van der Waals surface area (Å²) >= 11 is 0. The fourth-order valence-corrected chi connectivity index (χ4v) is 1.31. The Labute approximate surface area is 65.7 Å². The van der Waals surface area contributed by atoms with Gasteiger partial charge in [-0.15, -0.1) is 0 Å². The first-order chi connectivity index (χ1) is 5.22. The van der Waals surface area contributed by atoms with E-state index in [9.17, 15) is 9.59 Å². The summed E-state index contributed by atoms with van der Waals surface area (Å²) in [6.07, 6.45) is 0.840. The highest BCUT2D eigenvalue weighted by molar-refractivity contribution is 5.82. The van der Waals surface area contributed by atoms with Gasteiger partial charge in [-0.25, -0.2) is 0 Å². The summed E-state index contributed by atoms with van der Waals surface area (Å²) in [7, 11) is 0. The molecule has 0 spiro atoms. The van der Waals surface area contributed by atoms with Crippen LogP contribution in [0, 0.1) is 17.8 Å². The van der Waals surface area contributed by atoms with Gasteiger partial charge >= 0.3 is 5.97 Å². The van der Waals surface area contributed by atoms with E-state index in [4.69, 9.17) is 4.74 Å². The van der Waals surface area contributed by atoms with Crippen LogP contribution in [-0.2, 0) is 14.3 Å². The number of hydrogen-bond acceptors (Lipinski definition) is 3. The monoisotopic (exact) mass is 156 g/mol. The smallest absolute Gasteiger partial charge is 0.309 e. The quantitative estimate of drug-likeness (QED) is 0.444. The van der Waals surface area contributed by atoms with E-state index in [1.807, 2.05) is 6.92 Å². The van der Waals surface area contributed by atoms with Gasteiger partial charge in [0.1, 0.15) is 6.29 Å². The van der Waals surface area contributed by atoms with Gasteiger partial charge in [-0.05, 0) is 12.8 Å². The van der Waals surface area contributed by atoms with Crippen molar-refractivity contribution in [2.75, 3.05) is 6.61 Å². The minimum atomic E-state index is -0.225. The average Bonchev–Trinajstić information content (AvgIpc) is 2.61. The first kappa shape index (κ1) is 8.24. The fourth-order valence-electron chi connectivity index (χ4n) is 1.31. The van der Waals surface area contributed by atoms with Gasteiger partial charge in [-0.2, -0.15) is 0 Å². The third-order valence-electron chi connectivity index (χ3n) is 2.16. The summed E-state index contributed by atoms with van der Waals surface area (Å²) in [5.74, 6) is -0.287. The van der Waals surface area contributed by atoms with Gasteiger partial charge in [0, 0.05) is 5.92 Å². The van der Waals surface area contributed by atoms with Gasteiger partial charge in [0.05, 0.1) is 12.5 Å². The Kier molecular flexibility index (Phi) is 2.27. The van der Waals surface area contributed by atoms with Crippen molar-refractivity contribution in [3.63, 3.8) is 0 Å². The van der Waals surface area contributed by atoms with Gasteiger partial charge < -0.3 is 9.53 Å². The van der Waals surface area contributed by atoms with Crippen LogP contribution in [0.15, 0.2) is 0 Å². The zero-order valence-corrected chi connectivity index (χ0v) is 6.74. The molecular formula is C8H12O3. The van der Waals surface area contributed by atoms with Crippen LogP contribution in [0.25, 0.3) is 0 Å². The first-order valence-electron chi connectivity index (χ1n) is 3.84. The summed E-state index contributed by atoms with van der Waals surface area (Å²) in [6, 6.07) is 0. The van der Waals surface area contributed by atoms with Crippen molar-refractivity contribution in [3.8, 4) is 0 Å². The maximum atomic E-state index is 11.0. The van der Waals surface area contributed by atoms with Crippen molar-refractivity contribution in [3.05, 3.63) is 0 Å². The number of carbonyl (C=O) groups excluding carboxylic acids is 2. The van der Waals surface area contributed by atoms with E-state index < -0.39 is 0 Å². The lowest BCUT2D eigenvalue weighted by atomic mass is 10.3. The van der Waals surface area contributed by atoms with Crippen molar-refractivity contribution in [2.45, 2.75) is 13.8 Å². The second-order valence-electron chi connectivity index (χ2n) is 2.85. The molecule has 0 aromatic carbocycles. The van der Waals surface area contributed by atoms with Crippen molar-refractivity contribution in [2.24, 2.45) is 17.8 Å². The molecule has 3 heteroatoms. The summed E-state index contributed by atoms with van der Waals surface area (Å²) < 4.78 is 4.77. The Balaban J connectivity index is 2.39. The third-order valence-corrected chi connectivity index (χ3v) is 2.16. The van der Waals surface area contributed by atoms with Crippen LogP contribution >= 0.6 is 0 Å². The lowest BCUT2D eigenvalue weighted by Gasteiger charge is -1.97. The second kappa shape index (κ2) is 3.03. The molecule has 3 atom stereocenters. The molecule has 0 aliphatic heterocycles. The SMILES string of the molecule is CCOC(=O)[C@@H]1[C@@H](C)[C@@H]1C=O. The lowest BCUT2D eigenvalue weighted by Crippen LogP contribution is -2.08. The molecule has 0 heterocycles. The molecule has 1 aliphatic carbocycles. The molecular weight excluding hydrogens is 144 g/mol. The summed E-state index contributed by atoms with van der Waals surface area (Å²) in [5, 5.41) is 0. The molecule has 0 unspecified atom stereocenters. The number of rotatable bonds is 3. The molecule has 0 aromatic rings. The van der Waals surface area contributed by atoms with Gasteiger partial charge in [-0.1, -0.05) is 6.92 Å². The first-order valence-corrected chi connectivity index (χ1v) is 3.84. The van der Waals surface area contributed by atoms with Crippen LogP contribution in [0.4, 0.5) is 0 Å². The summed E-state index contributed by atoms with van der Waals surface area (Å²) in [5.41, 5.74) is 0. The van der Waals surface area contributed by atoms with E-state index in [2.05, 4.69) is 0 Å². The van der Waals surface area contributed by atoms with Crippen molar-refractivity contribution in [1.29, 1.82) is 0 Å². The van der Waals surface area contributed by atoms with E-state index in [-0.39, 0.29) is 23.7 Å². The zero-order valence-electron chi connectivity index (χ0n) is 6.74. The van der Waals surface area contributed by atoms with Crippen LogP contribution in [0.3, 0.4) is 0 Å². The van der Waals surface area contributed by atoms with Gasteiger partial charge in [0.25, 0.3) is 0 Å². The molecule has 1 rings (SSSR count). The van der Waals surface area contributed by atoms with E-state index in [1.165, 1.54) is 0 Å². The predicted molar refractivity (Wildman–Crippen MR) is 38.8 cm³/mol. The highest BCUT2D eigenvalue weighted by Gasteiger charge is 2.52. The predicted octanol–water partition coefficient (Wildman–Crippen LogP) is 0.631. The zero-order chi connectivity index (χ0) is 8.43. The Hall–Kier alpha value is -0.860. The Bertz CT molecular complexity index is 176. The third kappa shape index (κ3) is 1.42. The van der Waals surface area contributed by atoms with Crippen molar-refractivity contribution in [1.82, 2.24) is 0 Å². The summed E-state index contributed by atoms with van der Waals surface area (Å²) in [6.45, 7) is 4.05. The van der Waals surface area contributed by atoms with E-state index in [0.717, 1.165) is 6.29 Å². The van der Waals surface area contributed by atoms with Crippen LogP contribution in [0.5, 0.6) is 0 Å². The number of carbonyl (C=O) groups is 2. The Morgan fingerprint density at radius 1 is 1.64 bits per heavy atom. The minimum absolute atomic E-state index is 0.0888. The molecule has 0 radical (unpaired) electrons. The molecule has 11 heavy (non-hydrogen) atoms. The number of esters is 1. The molecule has 0 aromatic heterocycles. The van der Waals surface area contributed by atoms with Gasteiger partial charge in [0.2, 0.25) is 0 Å². The van der Waals surface area contributed by atoms with Crippen LogP contribution in [0.2, 0.25) is 0 Å². The largest absolute Gasteiger partial charge is 0.466 e. The standard InChI is InChI=1S/C8H12O3/c1-3-11-8(10)7-5(2)6(7)4-9/h4-7H,3H2,1-2H3/t5-,6-,7+/m0/s1. The Morgan fingerprint density at radius 3 is 2.64 bits per heavy atom. The van der Waals surface area contributed by atoms with Crippen molar-refractivity contribution < 1.29 is 14.3 Å². The number of hydrogen-bond donors (Lipinski definition) is 0. The molecule has 0 N–H and O–H groups in total. The van der Waals surface area contributed by atoms with Crippen LogP contribution in [-0.4, -0.2) is 18.9 Å². The van der Waals surface area contributed by atoms with E-state index in [0.29, 0.717) is 6.61 Å². The maximum absolute atomic E-state index is 11.0. The number of ether oxygens (including phenoxy) is 1. The Morgan fingerprint density at radius 2 is 2.27 bits per heavy atom. The van der Waals surface area contributed by atoms with Crippen molar-refractivity contribution >= 4 is 12.3 Å². The second-order valence-corrected chi connectivity index (χ2v) is 2.85. The molecule has 1 saturated carbocycles. The molecule has 0 saturated heterocycles. The average molecular weight is 156 g/mol. The molecule has 62 valence electrons. The maximum Gasteiger partial charge on any atom is 0.309 e. The highest BCUT2D eigenvalue weighted by Crippen LogP contribution is 2.44. The molecule has 3 nitrogen and oxygen atoms in total. The normalized spacial score (nSPS) is 34.5.